The van der Waals surface area contributed by atoms with Gasteiger partial charge in [-0.1, -0.05) is 0 Å². The molecular formula is C36H62O31. The summed E-state index contributed by atoms with van der Waals surface area (Å²) in [5, 5.41) is 208. The zero-order valence-electron chi connectivity index (χ0n) is 35.0. The summed E-state index contributed by atoms with van der Waals surface area (Å²) >= 11 is 0. The van der Waals surface area contributed by atoms with Gasteiger partial charge < -0.3 is 154 Å². The van der Waals surface area contributed by atoms with Crippen LogP contribution < -0.4 is 0 Å². The molecule has 6 heterocycles. The van der Waals surface area contributed by atoms with Gasteiger partial charge in [-0.15, -0.1) is 0 Å². The molecular weight excluding hydrogens is 928 g/mol. The molecule has 67 heavy (non-hydrogen) atoms. The van der Waals surface area contributed by atoms with Gasteiger partial charge in [-0.3, -0.25) is 0 Å². The average molecular weight is 991 g/mol. The molecule has 0 aromatic heterocycles. The normalized spacial score (nSPS) is 53.4. The van der Waals surface area contributed by atoms with E-state index >= 15 is 0 Å². The highest BCUT2D eigenvalue weighted by Gasteiger charge is 2.54. The van der Waals surface area contributed by atoms with Crippen molar-refractivity contribution in [2.75, 3.05) is 39.6 Å². The van der Waals surface area contributed by atoms with Gasteiger partial charge in [-0.2, -0.15) is 0 Å². The van der Waals surface area contributed by atoms with E-state index in [1.165, 1.54) is 0 Å². The first-order valence-corrected chi connectivity index (χ1v) is 21.1. The fourth-order valence-corrected chi connectivity index (χ4v) is 8.19. The molecule has 6 aliphatic rings. The molecule has 6 fully saturated rings. The maximum atomic E-state index is 11.1. The van der Waals surface area contributed by atoms with Crippen LogP contribution in [0.1, 0.15) is 0 Å². The molecule has 20 N–H and O–H groups in total. The molecule has 30 atom stereocenters. The van der Waals surface area contributed by atoms with Crippen molar-refractivity contribution in [2.45, 2.75) is 184 Å². The molecule has 0 aromatic rings. The zero-order valence-corrected chi connectivity index (χ0v) is 35.0. The number of ether oxygens (including phenoxy) is 11. The first-order chi connectivity index (χ1) is 31.6. The Morgan fingerprint density at radius 1 is 0.254 bits per heavy atom. The lowest BCUT2D eigenvalue weighted by molar-refractivity contribution is -0.367. The molecule has 0 radical (unpaired) electrons. The van der Waals surface area contributed by atoms with E-state index in [1.807, 2.05) is 0 Å². The Kier molecular flexibility index (Phi) is 19.4. The highest BCUT2D eigenvalue weighted by Crippen LogP contribution is 2.33. The number of hydrogen-bond donors (Lipinski definition) is 20. The van der Waals surface area contributed by atoms with Gasteiger partial charge in [-0.05, 0) is 0 Å². The summed E-state index contributed by atoms with van der Waals surface area (Å²) in [5.41, 5.74) is 0. The molecule has 6 saturated heterocycles. The van der Waals surface area contributed by atoms with E-state index in [0.29, 0.717) is 0 Å². The van der Waals surface area contributed by atoms with Crippen molar-refractivity contribution in [3.05, 3.63) is 0 Å². The van der Waals surface area contributed by atoms with Crippen LogP contribution in [0.15, 0.2) is 0 Å². The van der Waals surface area contributed by atoms with Gasteiger partial charge in [-0.25, -0.2) is 0 Å². The molecule has 31 nitrogen and oxygen atoms in total. The lowest BCUT2D eigenvalue weighted by Gasteiger charge is -2.46. The van der Waals surface area contributed by atoms with Crippen LogP contribution in [0.5, 0.6) is 0 Å². The maximum absolute atomic E-state index is 11.1. The fraction of sp³-hybridized carbons (Fsp3) is 1.00. The number of rotatable bonds is 16. The first kappa shape index (κ1) is 55.1. The van der Waals surface area contributed by atoms with Crippen LogP contribution in [0.2, 0.25) is 0 Å². The van der Waals surface area contributed by atoms with E-state index in [1.54, 1.807) is 0 Å². The number of aliphatic hydroxyl groups is 20. The molecule has 6 aliphatic heterocycles. The smallest absolute Gasteiger partial charge is 0.187 e. The van der Waals surface area contributed by atoms with Crippen molar-refractivity contribution in [1.29, 1.82) is 0 Å². The summed E-state index contributed by atoms with van der Waals surface area (Å²) in [5.74, 6) is 0. The second-order valence-electron chi connectivity index (χ2n) is 16.9. The predicted molar refractivity (Wildman–Crippen MR) is 199 cm³/mol. The standard InChI is InChI=1S/C36H62O31/c37-1-7-13(40)19(46)25(52)35(62-7)66-29-18(45)12(60-31(56)27(29)54)6-58-33-24(51)21(48)15(42)10(64-33)4-57-32-23(50)22(49)16(43)11(65-32)5-59-34-28(55)30(17(44)9(3-39)61-34)67-36-26(53)20(47)14(41)8(2-38)63-36/h7-56H,1-6H2/t7-,8-,9-,10-,11-,12-,13-,14-,15-,16-,17-,18-,19+,20+,21+,22+,23-,24-,25-,26-,27-,28-,29+,30+,31+,32-,33-,34-,35+,36+/m1/s1. The SMILES string of the molecule is OC[C@H]1O[C@@H](O[C@@H]2[C@@H](O)[C@@H](O)O[C@H](CO[C@@H]3O[C@H](CO[C@@H]4O[C@H](CO[C@@H]5O[C@H](CO)[C@@H](O)[C@H](O[C@@H]6O[C@H](CO)[C@@H](O)[C@H](O)[C@H]6O)[C@H]5O)[C@@H](O)[C@H](O)[C@H]4O)[C@@H](O)[C@H](O)[C@H]3O)[C@H]2O)[C@H](O)[C@@H](O)[C@@H]1O. The Bertz CT molecular complexity index is 1510. The number of aliphatic hydroxyl groups excluding tert-OH is 20. The molecule has 6 rings (SSSR count). The van der Waals surface area contributed by atoms with Crippen LogP contribution in [0, 0.1) is 0 Å². The van der Waals surface area contributed by atoms with Gasteiger partial charge in [0.1, 0.15) is 146 Å². The Morgan fingerprint density at radius 3 is 0.910 bits per heavy atom. The van der Waals surface area contributed by atoms with Gasteiger partial charge in [0.05, 0.1) is 39.6 Å². The Labute approximate surface area is 378 Å². The minimum atomic E-state index is -2.09. The van der Waals surface area contributed by atoms with Gasteiger partial charge in [0.25, 0.3) is 0 Å². The molecule has 0 spiro atoms. The second-order valence-corrected chi connectivity index (χ2v) is 16.9. The van der Waals surface area contributed by atoms with E-state index in [4.69, 9.17) is 52.1 Å². The lowest BCUT2D eigenvalue weighted by Crippen LogP contribution is -2.65. The first-order valence-electron chi connectivity index (χ1n) is 21.1. The van der Waals surface area contributed by atoms with E-state index in [-0.39, 0.29) is 0 Å². The Hall–Kier alpha value is -1.24. The quantitative estimate of drug-likeness (QED) is 0.0683. The van der Waals surface area contributed by atoms with Gasteiger partial charge >= 0.3 is 0 Å². The van der Waals surface area contributed by atoms with E-state index in [0.717, 1.165) is 0 Å². The molecule has 0 aromatic carbocycles. The van der Waals surface area contributed by atoms with Gasteiger partial charge in [0, 0.05) is 0 Å². The molecule has 0 saturated carbocycles. The van der Waals surface area contributed by atoms with Crippen molar-refractivity contribution >= 4 is 0 Å². The van der Waals surface area contributed by atoms with Gasteiger partial charge in [0.15, 0.2) is 37.7 Å². The highest BCUT2D eigenvalue weighted by atomic mass is 16.8. The monoisotopic (exact) mass is 990 g/mol. The third kappa shape index (κ3) is 11.7. The van der Waals surface area contributed by atoms with E-state index in [9.17, 15) is 102 Å². The van der Waals surface area contributed by atoms with E-state index < -0.39 is 224 Å². The van der Waals surface area contributed by atoms with Crippen LogP contribution in [0.3, 0.4) is 0 Å². The van der Waals surface area contributed by atoms with Crippen LogP contribution in [0.4, 0.5) is 0 Å². The van der Waals surface area contributed by atoms with Crippen molar-refractivity contribution in [3.63, 3.8) is 0 Å². The Balaban J connectivity index is 1.04. The predicted octanol–water partition coefficient (Wildman–Crippen LogP) is -14.1. The summed E-state index contributed by atoms with van der Waals surface area (Å²) in [7, 11) is 0. The minimum Gasteiger partial charge on any atom is -0.394 e. The summed E-state index contributed by atoms with van der Waals surface area (Å²) in [6.45, 7) is -5.00. The molecule has 0 unspecified atom stereocenters. The fourth-order valence-electron chi connectivity index (χ4n) is 8.19. The average Bonchev–Trinajstić information content (AvgIpc) is 3.31. The largest absolute Gasteiger partial charge is 0.394 e. The number of hydrogen-bond acceptors (Lipinski definition) is 31. The van der Waals surface area contributed by atoms with Crippen LogP contribution in [0.25, 0.3) is 0 Å². The van der Waals surface area contributed by atoms with Crippen LogP contribution >= 0.6 is 0 Å². The topological polar surface area (TPSA) is 506 Å². The molecule has 0 bridgehead atoms. The third-order valence-corrected chi connectivity index (χ3v) is 12.4. The van der Waals surface area contributed by atoms with Gasteiger partial charge in [0.2, 0.25) is 0 Å². The van der Waals surface area contributed by atoms with Crippen molar-refractivity contribution < 1.29 is 154 Å². The van der Waals surface area contributed by atoms with Crippen molar-refractivity contribution in [3.8, 4) is 0 Å². The van der Waals surface area contributed by atoms with Crippen molar-refractivity contribution in [2.24, 2.45) is 0 Å². The molecule has 392 valence electrons. The zero-order chi connectivity index (χ0) is 49.3. The van der Waals surface area contributed by atoms with Crippen LogP contribution in [-0.2, 0) is 52.1 Å². The molecule has 0 aliphatic carbocycles. The summed E-state index contributed by atoms with van der Waals surface area (Å²) in [6, 6.07) is 0. The molecule has 0 amide bonds. The summed E-state index contributed by atoms with van der Waals surface area (Å²) in [4.78, 5) is 0. The second kappa shape index (κ2) is 23.5. The highest BCUT2D eigenvalue weighted by molar-refractivity contribution is 4.97. The molecule has 31 heteroatoms. The minimum absolute atomic E-state index is 0.799. The van der Waals surface area contributed by atoms with Crippen molar-refractivity contribution in [1.82, 2.24) is 0 Å². The van der Waals surface area contributed by atoms with E-state index in [2.05, 4.69) is 0 Å². The Morgan fingerprint density at radius 2 is 0.522 bits per heavy atom. The lowest BCUT2D eigenvalue weighted by atomic mass is 9.96. The summed E-state index contributed by atoms with van der Waals surface area (Å²) in [6.07, 6.45) is -55.4. The third-order valence-electron chi connectivity index (χ3n) is 12.4. The summed E-state index contributed by atoms with van der Waals surface area (Å²) < 4.78 is 59.9. The van der Waals surface area contributed by atoms with Crippen LogP contribution in [-0.4, -0.2) is 326 Å². The maximum Gasteiger partial charge on any atom is 0.187 e.